The molecule has 2 aromatic rings. The third kappa shape index (κ3) is 5.30. The molecule has 2 N–H and O–H groups in total. The molecule has 0 spiro atoms. The smallest absolute Gasteiger partial charge is 0.226 e. The molecule has 0 saturated heterocycles. The van der Waals surface area contributed by atoms with Gasteiger partial charge in [-0.2, -0.15) is 4.98 Å². The molecule has 0 aromatic carbocycles. The predicted octanol–water partition coefficient (Wildman–Crippen LogP) is 2.56. The highest BCUT2D eigenvalue weighted by molar-refractivity contribution is 7.11. The SMILES string of the molecule is CN=C(NCCCc1nc(C(C)C)no1)NCc1sc(C)nc1C. The highest BCUT2D eigenvalue weighted by atomic mass is 32.1. The first kappa shape index (κ1) is 18.4. The Morgan fingerprint density at radius 2 is 2.04 bits per heavy atom. The number of nitrogens with zero attached hydrogens (tertiary/aromatic N) is 4. The summed E-state index contributed by atoms with van der Waals surface area (Å²) in [5.41, 5.74) is 1.08. The minimum absolute atomic E-state index is 0.294. The van der Waals surface area contributed by atoms with Crippen molar-refractivity contribution in [1.82, 2.24) is 25.8 Å². The summed E-state index contributed by atoms with van der Waals surface area (Å²) in [4.78, 5) is 14.3. The van der Waals surface area contributed by atoms with Crippen LogP contribution in [-0.4, -0.2) is 34.7 Å². The van der Waals surface area contributed by atoms with E-state index in [1.54, 1.807) is 18.4 Å². The van der Waals surface area contributed by atoms with Gasteiger partial charge in [-0.15, -0.1) is 11.3 Å². The van der Waals surface area contributed by atoms with Gasteiger partial charge in [-0.3, -0.25) is 4.99 Å². The molecule has 8 heteroatoms. The van der Waals surface area contributed by atoms with E-state index >= 15 is 0 Å². The van der Waals surface area contributed by atoms with Crippen LogP contribution in [0.3, 0.4) is 0 Å². The molecule has 2 rings (SSSR count). The summed E-state index contributed by atoms with van der Waals surface area (Å²) in [5, 5.41) is 11.7. The minimum atomic E-state index is 0.294. The molecule has 2 heterocycles. The zero-order valence-electron chi connectivity index (χ0n) is 15.0. The Hall–Kier alpha value is -1.96. The first-order chi connectivity index (χ1) is 11.5. The summed E-state index contributed by atoms with van der Waals surface area (Å²) in [5.74, 6) is 2.54. The first-order valence-electron chi connectivity index (χ1n) is 8.19. The van der Waals surface area contributed by atoms with Crippen LogP contribution in [0.4, 0.5) is 0 Å². The summed E-state index contributed by atoms with van der Waals surface area (Å²) in [6.45, 7) is 9.69. The Kier molecular flexibility index (Phi) is 6.72. The van der Waals surface area contributed by atoms with Crippen LogP contribution in [0, 0.1) is 13.8 Å². The maximum absolute atomic E-state index is 5.24. The number of aromatic nitrogens is 3. The van der Waals surface area contributed by atoms with Crippen molar-refractivity contribution in [2.45, 2.75) is 53.0 Å². The monoisotopic (exact) mass is 350 g/mol. The Labute approximate surface area is 147 Å². The van der Waals surface area contributed by atoms with Gasteiger partial charge >= 0.3 is 0 Å². The van der Waals surface area contributed by atoms with E-state index < -0.39 is 0 Å². The number of nitrogens with one attached hydrogen (secondary N) is 2. The normalized spacial score (nSPS) is 12.0. The molecule has 0 atom stereocenters. The Bertz CT molecular complexity index is 676. The van der Waals surface area contributed by atoms with Gasteiger partial charge in [0.2, 0.25) is 5.89 Å². The number of aryl methyl sites for hydroxylation is 3. The minimum Gasteiger partial charge on any atom is -0.356 e. The molecule has 0 fully saturated rings. The lowest BCUT2D eigenvalue weighted by Gasteiger charge is -2.10. The van der Waals surface area contributed by atoms with Crippen LogP contribution in [0.25, 0.3) is 0 Å². The largest absolute Gasteiger partial charge is 0.356 e. The third-order valence-corrected chi connectivity index (χ3v) is 4.57. The zero-order chi connectivity index (χ0) is 17.5. The van der Waals surface area contributed by atoms with Crippen molar-refractivity contribution in [2.75, 3.05) is 13.6 Å². The summed E-state index contributed by atoms with van der Waals surface area (Å²) < 4.78 is 5.24. The van der Waals surface area contributed by atoms with Crippen molar-refractivity contribution in [1.29, 1.82) is 0 Å². The Morgan fingerprint density at radius 3 is 2.62 bits per heavy atom. The molecule has 132 valence electrons. The quantitative estimate of drug-likeness (QED) is 0.453. The van der Waals surface area contributed by atoms with E-state index in [9.17, 15) is 0 Å². The lowest BCUT2D eigenvalue weighted by molar-refractivity contribution is 0.368. The highest BCUT2D eigenvalue weighted by Gasteiger charge is 2.09. The molecule has 2 aromatic heterocycles. The maximum Gasteiger partial charge on any atom is 0.226 e. The zero-order valence-corrected chi connectivity index (χ0v) is 15.8. The fourth-order valence-electron chi connectivity index (χ4n) is 2.17. The van der Waals surface area contributed by atoms with E-state index in [0.29, 0.717) is 11.8 Å². The van der Waals surface area contributed by atoms with Crippen LogP contribution in [0.1, 0.15) is 53.5 Å². The second-order valence-corrected chi connectivity index (χ2v) is 7.19. The van der Waals surface area contributed by atoms with Crippen LogP contribution in [0.15, 0.2) is 9.52 Å². The van der Waals surface area contributed by atoms with E-state index in [1.807, 2.05) is 13.8 Å². The van der Waals surface area contributed by atoms with Crippen molar-refractivity contribution >= 4 is 17.3 Å². The van der Waals surface area contributed by atoms with Gasteiger partial charge in [0.15, 0.2) is 11.8 Å². The lowest BCUT2D eigenvalue weighted by atomic mass is 10.2. The van der Waals surface area contributed by atoms with Gasteiger partial charge in [0, 0.05) is 30.8 Å². The molecule has 0 radical (unpaired) electrons. The summed E-state index contributed by atoms with van der Waals surface area (Å²) in [7, 11) is 1.77. The van der Waals surface area contributed by atoms with Crippen molar-refractivity contribution in [3.63, 3.8) is 0 Å². The molecule has 0 aliphatic rings. The van der Waals surface area contributed by atoms with Gasteiger partial charge in [0.05, 0.1) is 17.2 Å². The van der Waals surface area contributed by atoms with Crippen molar-refractivity contribution in [3.05, 3.63) is 27.3 Å². The molecule has 7 nitrogen and oxygen atoms in total. The molecule has 0 bridgehead atoms. The number of hydrogen-bond donors (Lipinski definition) is 2. The number of hydrogen-bond acceptors (Lipinski definition) is 6. The molecule has 0 aliphatic carbocycles. The van der Waals surface area contributed by atoms with E-state index in [-0.39, 0.29) is 0 Å². The van der Waals surface area contributed by atoms with E-state index in [4.69, 9.17) is 4.52 Å². The molecule has 0 aliphatic heterocycles. The lowest BCUT2D eigenvalue weighted by Crippen LogP contribution is -2.37. The number of guanidine groups is 1. The summed E-state index contributed by atoms with van der Waals surface area (Å²) in [6, 6.07) is 0. The van der Waals surface area contributed by atoms with Crippen LogP contribution in [0.2, 0.25) is 0 Å². The number of rotatable bonds is 7. The summed E-state index contributed by atoms with van der Waals surface area (Å²) in [6.07, 6.45) is 1.66. The fraction of sp³-hybridized carbons (Fsp3) is 0.625. The van der Waals surface area contributed by atoms with Crippen molar-refractivity contribution in [3.8, 4) is 0 Å². The molecular weight excluding hydrogens is 324 g/mol. The Morgan fingerprint density at radius 1 is 1.25 bits per heavy atom. The number of thiazole rings is 1. The summed E-state index contributed by atoms with van der Waals surface area (Å²) >= 11 is 1.71. The number of aliphatic imine (C=N–C) groups is 1. The average molecular weight is 350 g/mol. The van der Waals surface area contributed by atoms with Crippen LogP contribution in [0.5, 0.6) is 0 Å². The van der Waals surface area contributed by atoms with E-state index in [1.165, 1.54) is 4.88 Å². The first-order valence-corrected chi connectivity index (χ1v) is 9.01. The molecular formula is C16H26N6OS. The van der Waals surface area contributed by atoms with Gasteiger partial charge in [-0.05, 0) is 20.3 Å². The average Bonchev–Trinajstić information content (AvgIpc) is 3.13. The maximum atomic E-state index is 5.24. The van der Waals surface area contributed by atoms with Gasteiger partial charge in [0.1, 0.15) is 0 Å². The van der Waals surface area contributed by atoms with Gasteiger partial charge < -0.3 is 15.2 Å². The molecule has 0 amide bonds. The molecule has 24 heavy (non-hydrogen) atoms. The molecule has 0 unspecified atom stereocenters. The fourth-order valence-corrected chi connectivity index (χ4v) is 3.05. The topological polar surface area (TPSA) is 88.2 Å². The van der Waals surface area contributed by atoms with Crippen LogP contribution in [-0.2, 0) is 13.0 Å². The third-order valence-electron chi connectivity index (χ3n) is 3.50. The van der Waals surface area contributed by atoms with Gasteiger partial charge in [0.25, 0.3) is 0 Å². The standard InChI is InChI=1S/C16H26N6OS/c1-10(2)15-21-14(23-22-15)7-6-8-18-16(17-5)19-9-13-11(3)20-12(4)24-13/h10H,6-9H2,1-5H3,(H2,17,18,19). The van der Waals surface area contributed by atoms with Crippen molar-refractivity contribution < 1.29 is 4.52 Å². The Balaban J connectivity index is 1.70. The second kappa shape index (κ2) is 8.77. The van der Waals surface area contributed by atoms with Crippen LogP contribution < -0.4 is 10.6 Å². The van der Waals surface area contributed by atoms with E-state index in [2.05, 4.69) is 44.6 Å². The predicted molar refractivity (Wildman–Crippen MR) is 96.5 cm³/mol. The van der Waals surface area contributed by atoms with E-state index in [0.717, 1.165) is 48.4 Å². The van der Waals surface area contributed by atoms with Gasteiger partial charge in [-0.25, -0.2) is 4.98 Å². The second-order valence-electron chi connectivity index (χ2n) is 5.90. The van der Waals surface area contributed by atoms with Gasteiger partial charge in [-0.1, -0.05) is 19.0 Å². The molecule has 0 saturated carbocycles. The highest BCUT2D eigenvalue weighted by Crippen LogP contribution is 2.16. The van der Waals surface area contributed by atoms with Crippen molar-refractivity contribution in [2.24, 2.45) is 4.99 Å². The van der Waals surface area contributed by atoms with Crippen LogP contribution >= 0.6 is 11.3 Å².